The van der Waals surface area contributed by atoms with Gasteiger partial charge >= 0.3 is 0 Å². The van der Waals surface area contributed by atoms with Crippen molar-refractivity contribution in [2.45, 2.75) is 19.3 Å². The summed E-state index contributed by atoms with van der Waals surface area (Å²) < 4.78 is 0. The van der Waals surface area contributed by atoms with Crippen LogP contribution in [0.4, 0.5) is 0 Å². The van der Waals surface area contributed by atoms with Gasteiger partial charge in [-0.05, 0) is 47.2 Å². The van der Waals surface area contributed by atoms with E-state index in [1.807, 2.05) is 24.3 Å². The number of hydrogen-bond donors (Lipinski definition) is 0. The largest absolute Gasteiger partial charge is 0.295 e. The van der Waals surface area contributed by atoms with E-state index in [9.17, 15) is 4.79 Å². The van der Waals surface area contributed by atoms with E-state index in [4.69, 9.17) is 0 Å². The Kier molecular flexibility index (Phi) is 3.28. The zero-order chi connectivity index (χ0) is 13.1. The highest BCUT2D eigenvalue weighted by Crippen LogP contribution is 2.28. The molecule has 1 aliphatic rings. The summed E-state index contributed by atoms with van der Waals surface area (Å²) in [7, 11) is 0. The Bertz CT molecular complexity index is 623. The molecule has 0 aromatic heterocycles. The fourth-order valence-corrected chi connectivity index (χ4v) is 2.55. The summed E-state index contributed by atoms with van der Waals surface area (Å²) in [5.74, 6) is 0.256. The highest BCUT2D eigenvalue weighted by Gasteiger charge is 2.11. The molecule has 0 N–H and O–H groups in total. The first-order chi connectivity index (χ1) is 9.33. The maximum Gasteiger partial charge on any atom is 0.155 e. The van der Waals surface area contributed by atoms with E-state index in [0.717, 1.165) is 12.8 Å². The lowest BCUT2D eigenvalue weighted by molar-refractivity contribution is -0.114. The Balaban J connectivity index is 1.99. The summed E-state index contributed by atoms with van der Waals surface area (Å²) in [6.07, 6.45) is 4.49. The van der Waals surface area contributed by atoms with Crippen molar-refractivity contribution in [3.05, 3.63) is 66.2 Å². The van der Waals surface area contributed by atoms with Gasteiger partial charge in [-0.15, -0.1) is 0 Å². The van der Waals surface area contributed by atoms with E-state index < -0.39 is 0 Å². The van der Waals surface area contributed by atoms with Gasteiger partial charge in [0.05, 0.1) is 0 Å². The van der Waals surface area contributed by atoms with Crippen molar-refractivity contribution in [2.24, 2.45) is 0 Å². The van der Waals surface area contributed by atoms with Crippen LogP contribution in [-0.2, 0) is 4.79 Å². The molecule has 0 radical (unpaired) electrons. The number of hydrogen-bond acceptors (Lipinski definition) is 1. The highest BCUT2D eigenvalue weighted by molar-refractivity contribution is 5.98. The fourth-order valence-electron chi connectivity index (χ4n) is 2.55. The van der Waals surface area contributed by atoms with Crippen molar-refractivity contribution in [1.82, 2.24) is 0 Å². The Morgan fingerprint density at radius 1 is 0.737 bits per heavy atom. The van der Waals surface area contributed by atoms with Crippen LogP contribution in [0.5, 0.6) is 0 Å². The Labute approximate surface area is 113 Å². The van der Waals surface area contributed by atoms with E-state index in [0.29, 0.717) is 6.42 Å². The van der Waals surface area contributed by atoms with Crippen LogP contribution in [0, 0.1) is 0 Å². The Morgan fingerprint density at radius 2 is 1.47 bits per heavy atom. The molecule has 0 saturated heterocycles. The van der Waals surface area contributed by atoms with Crippen molar-refractivity contribution in [2.75, 3.05) is 0 Å². The second-order valence-corrected chi connectivity index (χ2v) is 4.94. The minimum absolute atomic E-state index is 0.256. The molecule has 1 nitrogen and oxygen atoms in total. The predicted octanol–water partition coefficient (Wildman–Crippen LogP) is 4.49. The van der Waals surface area contributed by atoms with E-state index in [-0.39, 0.29) is 5.78 Å². The highest BCUT2D eigenvalue weighted by atomic mass is 16.1. The second kappa shape index (κ2) is 5.23. The van der Waals surface area contributed by atoms with Crippen LogP contribution in [0.25, 0.3) is 16.7 Å². The molecule has 0 spiro atoms. The summed E-state index contributed by atoms with van der Waals surface area (Å²) in [6.45, 7) is 0. The number of carbonyl (C=O) groups excluding carboxylic acids is 1. The van der Waals surface area contributed by atoms with Crippen LogP contribution in [0.2, 0.25) is 0 Å². The van der Waals surface area contributed by atoms with Gasteiger partial charge in [-0.3, -0.25) is 4.79 Å². The molecule has 0 atom stereocenters. The summed E-state index contributed by atoms with van der Waals surface area (Å²) in [6, 6.07) is 18.8. The van der Waals surface area contributed by atoms with Crippen LogP contribution in [0.15, 0.2) is 60.7 Å². The van der Waals surface area contributed by atoms with E-state index >= 15 is 0 Å². The van der Waals surface area contributed by atoms with Crippen molar-refractivity contribution < 1.29 is 4.79 Å². The average Bonchev–Trinajstić information content (AvgIpc) is 2.48. The van der Waals surface area contributed by atoms with E-state index in [2.05, 4.69) is 36.4 Å². The molecule has 3 rings (SSSR count). The third-order valence-corrected chi connectivity index (χ3v) is 3.54. The van der Waals surface area contributed by atoms with E-state index in [1.165, 1.54) is 22.3 Å². The number of carbonyl (C=O) groups is 1. The van der Waals surface area contributed by atoms with Crippen LogP contribution >= 0.6 is 0 Å². The van der Waals surface area contributed by atoms with Gasteiger partial charge in [0, 0.05) is 6.42 Å². The first-order valence-corrected chi connectivity index (χ1v) is 6.72. The van der Waals surface area contributed by atoms with Crippen molar-refractivity contribution in [3.63, 3.8) is 0 Å². The van der Waals surface area contributed by atoms with Gasteiger partial charge in [0.15, 0.2) is 5.78 Å². The number of benzene rings is 2. The minimum Gasteiger partial charge on any atom is -0.295 e. The van der Waals surface area contributed by atoms with Crippen LogP contribution in [-0.4, -0.2) is 5.78 Å². The van der Waals surface area contributed by atoms with E-state index in [1.54, 1.807) is 0 Å². The van der Waals surface area contributed by atoms with Gasteiger partial charge in [-0.25, -0.2) is 0 Å². The van der Waals surface area contributed by atoms with Gasteiger partial charge in [0.25, 0.3) is 0 Å². The third kappa shape index (κ3) is 2.65. The number of rotatable bonds is 2. The maximum atomic E-state index is 11.5. The molecule has 2 aromatic carbocycles. The van der Waals surface area contributed by atoms with Crippen molar-refractivity contribution in [3.8, 4) is 11.1 Å². The summed E-state index contributed by atoms with van der Waals surface area (Å²) in [5.41, 5.74) is 4.77. The summed E-state index contributed by atoms with van der Waals surface area (Å²) in [4.78, 5) is 11.5. The number of ketones is 1. The molecular formula is C18H16O. The summed E-state index contributed by atoms with van der Waals surface area (Å²) >= 11 is 0. The molecule has 0 saturated carbocycles. The topological polar surface area (TPSA) is 17.1 Å². The van der Waals surface area contributed by atoms with Crippen LogP contribution in [0.3, 0.4) is 0 Å². The summed E-state index contributed by atoms with van der Waals surface area (Å²) in [5, 5.41) is 0. The molecule has 0 unspecified atom stereocenters. The standard InChI is InChI=1S/C18H16O/c19-18-11-5-10-17(13-18)16-9-4-8-15(12-16)14-6-2-1-3-7-14/h1-4,6-9,12-13H,5,10-11H2. The molecule has 0 heterocycles. The van der Waals surface area contributed by atoms with Gasteiger partial charge in [0.2, 0.25) is 0 Å². The molecule has 1 heteroatoms. The molecule has 0 bridgehead atoms. The molecule has 19 heavy (non-hydrogen) atoms. The van der Waals surface area contributed by atoms with Gasteiger partial charge in [-0.2, -0.15) is 0 Å². The van der Waals surface area contributed by atoms with Crippen molar-refractivity contribution in [1.29, 1.82) is 0 Å². The Morgan fingerprint density at radius 3 is 2.26 bits per heavy atom. The second-order valence-electron chi connectivity index (χ2n) is 4.94. The molecule has 2 aromatic rings. The SMILES string of the molecule is O=C1C=C(c2cccc(-c3ccccc3)c2)CCC1. The zero-order valence-electron chi connectivity index (χ0n) is 10.8. The zero-order valence-corrected chi connectivity index (χ0v) is 10.8. The van der Waals surface area contributed by atoms with Crippen LogP contribution < -0.4 is 0 Å². The first kappa shape index (κ1) is 11.9. The molecule has 0 amide bonds. The van der Waals surface area contributed by atoms with Crippen molar-refractivity contribution >= 4 is 11.4 Å². The van der Waals surface area contributed by atoms with Gasteiger partial charge in [-0.1, -0.05) is 48.5 Å². The monoisotopic (exact) mass is 248 g/mol. The molecule has 1 aliphatic carbocycles. The lowest BCUT2D eigenvalue weighted by Crippen LogP contribution is -2.02. The molecular weight excluding hydrogens is 232 g/mol. The third-order valence-electron chi connectivity index (χ3n) is 3.54. The minimum atomic E-state index is 0.256. The Hall–Kier alpha value is -2.15. The van der Waals surface area contributed by atoms with Crippen LogP contribution in [0.1, 0.15) is 24.8 Å². The quantitative estimate of drug-likeness (QED) is 0.765. The molecule has 0 aliphatic heterocycles. The molecule has 0 fully saturated rings. The van der Waals surface area contributed by atoms with Gasteiger partial charge in [0.1, 0.15) is 0 Å². The smallest absolute Gasteiger partial charge is 0.155 e. The fraction of sp³-hybridized carbons (Fsp3) is 0.167. The normalized spacial score (nSPS) is 15.2. The maximum absolute atomic E-state index is 11.5. The lowest BCUT2D eigenvalue weighted by atomic mass is 9.91. The lowest BCUT2D eigenvalue weighted by Gasteiger charge is -2.13. The average molecular weight is 248 g/mol. The number of allylic oxidation sites excluding steroid dienone is 2. The first-order valence-electron chi connectivity index (χ1n) is 6.72. The molecule has 94 valence electrons. The van der Waals surface area contributed by atoms with Gasteiger partial charge < -0.3 is 0 Å². The predicted molar refractivity (Wildman–Crippen MR) is 78.7 cm³/mol.